The largest absolute Gasteiger partial charge is 0.444 e. The number of hydrogen-bond donors (Lipinski definition) is 2. The number of amides is 2. The molecule has 2 amide bonds. The van der Waals surface area contributed by atoms with Crippen molar-refractivity contribution >= 4 is 35.2 Å². The van der Waals surface area contributed by atoms with Crippen molar-refractivity contribution in [1.82, 2.24) is 15.1 Å². The number of hydrogen-bond acceptors (Lipinski definition) is 5. The van der Waals surface area contributed by atoms with Gasteiger partial charge in [0, 0.05) is 41.2 Å². The third-order valence-electron chi connectivity index (χ3n) is 7.86. The Hall–Kier alpha value is -3.10. The molecule has 0 aromatic heterocycles. The summed E-state index contributed by atoms with van der Waals surface area (Å²) in [6.45, 7) is 6.80. The maximum Gasteiger partial charge on any atom is 0.410 e. The Bertz CT molecular complexity index is 1430. The summed E-state index contributed by atoms with van der Waals surface area (Å²) in [5.41, 5.74) is 2.49. The van der Waals surface area contributed by atoms with Gasteiger partial charge in [-0.3, -0.25) is 10.1 Å². The van der Waals surface area contributed by atoms with Crippen LogP contribution in [0.2, 0.25) is 10.0 Å². The molecule has 2 N–H and O–H groups in total. The summed E-state index contributed by atoms with van der Waals surface area (Å²) in [6, 6.07) is 21.8. The van der Waals surface area contributed by atoms with E-state index in [1.807, 2.05) is 68.1 Å². The van der Waals surface area contributed by atoms with Crippen LogP contribution in [0.15, 0.2) is 72.8 Å². The Morgan fingerprint density at radius 3 is 2.48 bits per heavy atom. The van der Waals surface area contributed by atoms with Crippen LogP contribution in [0.4, 0.5) is 4.79 Å². The highest BCUT2D eigenvalue weighted by molar-refractivity contribution is 6.35. The lowest BCUT2D eigenvalue weighted by atomic mass is 9.77. The molecular weight excluding hydrogens is 573 g/mol. The standard InChI is InChI=1S/C33H37Cl2N3O4/c1-33(2,3)42-32(41)37-18-16-23(20-37)38-29(26-14-13-22(34)19-27(26)35)28(24-11-7-8-12-25(24)31(38)40)30(39)36-17-15-21-9-5-4-6-10-21/h4-14,19,23,28-30,36,39H,15-18,20H2,1-3H3/t23-,28?,29?,30?/m0/s1. The number of nitrogens with zero attached hydrogens (tertiary/aromatic N) is 2. The highest BCUT2D eigenvalue weighted by Gasteiger charge is 2.48. The van der Waals surface area contributed by atoms with Gasteiger partial charge in [0.05, 0.1) is 12.1 Å². The highest BCUT2D eigenvalue weighted by atomic mass is 35.5. The molecule has 0 radical (unpaired) electrons. The summed E-state index contributed by atoms with van der Waals surface area (Å²) in [4.78, 5) is 30.7. The second-order valence-corrected chi connectivity index (χ2v) is 12.8. The van der Waals surface area contributed by atoms with Crippen molar-refractivity contribution in [3.8, 4) is 0 Å². The maximum absolute atomic E-state index is 14.3. The van der Waals surface area contributed by atoms with Gasteiger partial charge in [0.1, 0.15) is 11.8 Å². The summed E-state index contributed by atoms with van der Waals surface area (Å²) < 4.78 is 5.62. The van der Waals surface area contributed by atoms with E-state index >= 15 is 0 Å². The van der Waals surface area contributed by atoms with Crippen molar-refractivity contribution in [2.45, 2.75) is 63.4 Å². The molecule has 4 atom stereocenters. The Kier molecular flexibility index (Phi) is 9.14. The number of carbonyl (C=O) groups excluding carboxylic acids is 2. The molecule has 0 bridgehead atoms. The summed E-state index contributed by atoms with van der Waals surface area (Å²) in [5.74, 6) is -0.700. The molecule has 0 spiro atoms. The zero-order valence-electron chi connectivity index (χ0n) is 24.1. The third-order valence-corrected chi connectivity index (χ3v) is 8.43. The van der Waals surface area contributed by atoms with Crippen molar-refractivity contribution in [3.05, 3.63) is 105 Å². The van der Waals surface area contributed by atoms with Gasteiger partial charge < -0.3 is 19.6 Å². The quantitative estimate of drug-likeness (QED) is 0.301. The van der Waals surface area contributed by atoms with Crippen molar-refractivity contribution in [2.24, 2.45) is 0 Å². The van der Waals surface area contributed by atoms with Gasteiger partial charge in [0.25, 0.3) is 5.91 Å². The molecule has 2 heterocycles. The maximum atomic E-state index is 14.3. The first-order valence-corrected chi connectivity index (χ1v) is 15.1. The number of rotatable bonds is 7. The second kappa shape index (κ2) is 12.6. The SMILES string of the molecule is CC(C)(C)OC(=O)N1CC[C@H](N2C(=O)c3ccccc3C(C(O)NCCc3ccccc3)C2c2ccc(Cl)cc2Cl)C1. The van der Waals surface area contributed by atoms with Crippen molar-refractivity contribution < 1.29 is 19.4 Å². The second-order valence-electron chi connectivity index (χ2n) is 11.9. The number of carbonyl (C=O) groups is 2. The smallest absolute Gasteiger partial charge is 0.410 e. The van der Waals surface area contributed by atoms with Crippen molar-refractivity contribution in [2.75, 3.05) is 19.6 Å². The van der Waals surface area contributed by atoms with E-state index in [1.165, 1.54) is 0 Å². The van der Waals surface area contributed by atoms with Crippen LogP contribution in [0, 0.1) is 0 Å². The van der Waals surface area contributed by atoms with E-state index in [-0.39, 0.29) is 11.9 Å². The molecule has 2 aliphatic heterocycles. The van der Waals surface area contributed by atoms with Crippen LogP contribution in [0.25, 0.3) is 0 Å². The van der Waals surface area contributed by atoms with Crippen LogP contribution in [-0.4, -0.2) is 64.4 Å². The fourth-order valence-corrected chi connectivity index (χ4v) is 6.53. The molecule has 0 aliphatic carbocycles. The molecule has 3 unspecified atom stereocenters. The van der Waals surface area contributed by atoms with Crippen molar-refractivity contribution in [1.29, 1.82) is 0 Å². The molecule has 9 heteroatoms. The Balaban J connectivity index is 1.51. The number of fused-ring (bicyclic) bond motifs is 1. The lowest BCUT2D eigenvalue weighted by Crippen LogP contribution is -2.53. The summed E-state index contributed by atoms with van der Waals surface area (Å²) >= 11 is 13.1. The van der Waals surface area contributed by atoms with Gasteiger partial charge in [-0.05, 0) is 68.5 Å². The van der Waals surface area contributed by atoms with Crippen LogP contribution in [0.3, 0.4) is 0 Å². The van der Waals surface area contributed by atoms with Gasteiger partial charge >= 0.3 is 6.09 Å². The van der Waals surface area contributed by atoms with Gasteiger partial charge in [0.15, 0.2) is 0 Å². The number of aliphatic hydroxyl groups is 1. The summed E-state index contributed by atoms with van der Waals surface area (Å²) in [6.07, 6.45) is -0.103. The van der Waals surface area contributed by atoms with E-state index in [0.717, 1.165) is 17.5 Å². The first kappa shape index (κ1) is 30.4. The summed E-state index contributed by atoms with van der Waals surface area (Å²) in [7, 11) is 0. The minimum atomic E-state index is -0.995. The number of nitrogens with one attached hydrogen (secondary N) is 1. The highest BCUT2D eigenvalue weighted by Crippen LogP contribution is 2.48. The Morgan fingerprint density at radius 1 is 1.05 bits per heavy atom. The molecule has 7 nitrogen and oxygen atoms in total. The minimum Gasteiger partial charge on any atom is -0.444 e. The van der Waals surface area contributed by atoms with Crippen LogP contribution in [0.5, 0.6) is 0 Å². The fourth-order valence-electron chi connectivity index (χ4n) is 6.01. The van der Waals surface area contributed by atoms with Crippen molar-refractivity contribution in [3.63, 3.8) is 0 Å². The molecule has 42 heavy (non-hydrogen) atoms. The average molecular weight is 611 g/mol. The molecular formula is C33H37Cl2N3O4. The van der Waals surface area contributed by atoms with E-state index in [1.54, 1.807) is 23.1 Å². The topological polar surface area (TPSA) is 82.1 Å². The number of benzene rings is 3. The molecule has 5 rings (SSSR count). The predicted molar refractivity (Wildman–Crippen MR) is 165 cm³/mol. The van der Waals surface area contributed by atoms with E-state index in [4.69, 9.17) is 27.9 Å². The van der Waals surface area contributed by atoms with Gasteiger partial charge in [0.2, 0.25) is 0 Å². The number of ether oxygens (including phenoxy) is 1. The number of likely N-dealkylation sites (tertiary alicyclic amines) is 1. The first-order chi connectivity index (χ1) is 20.0. The molecule has 222 valence electrons. The van der Waals surface area contributed by atoms with E-state index in [2.05, 4.69) is 17.4 Å². The third kappa shape index (κ3) is 6.60. The van der Waals surface area contributed by atoms with Crippen LogP contribution >= 0.6 is 23.2 Å². The van der Waals surface area contributed by atoms with Crippen LogP contribution in [0.1, 0.15) is 66.2 Å². The Labute approximate surface area is 257 Å². The first-order valence-electron chi connectivity index (χ1n) is 14.3. The van der Waals surface area contributed by atoms with Crippen LogP contribution < -0.4 is 5.32 Å². The minimum absolute atomic E-state index is 0.162. The van der Waals surface area contributed by atoms with E-state index in [9.17, 15) is 14.7 Å². The van der Waals surface area contributed by atoms with E-state index < -0.39 is 29.9 Å². The number of aliphatic hydroxyl groups excluding tert-OH is 1. The molecule has 0 saturated carbocycles. The monoisotopic (exact) mass is 609 g/mol. The lowest BCUT2D eigenvalue weighted by Gasteiger charge is -2.47. The molecule has 1 fully saturated rings. The average Bonchev–Trinajstić information content (AvgIpc) is 3.43. The van der Waals surface area contributed by atoms with Gasteiger partial charge in [-0.2, -0.15) is 0 Å². The van der Waals surface area contributed by atoms with Gasteiger partial charge in [-0.15, -0.1) is 0 Å². The molecule has 1 saturated heterocycles. The zero-order valence-corrected chi connectivity index (χ0v) is 25.6. The predicted octanol–water partition coefficient (Wildman–Crippen LogP) is 6.43. The molecule has 3 aromatic carbocycles. The Morgan fingerprint density at radius 2 is 1.76 bits per heavy atom. The number of halogens is 2. The summed E-state index contributed by atoms with van der Waals surface area (Å²) in [5, 5.41) is 16.0. The van der Waals surface area contributed by atoms with Gasteiger partial charge in [-0.25, -0.2) is 4.79 Å². The molecule has 3 aromatic rings. The van der Waals surface area contributed by atoms with Crippen LogP contribution in [-0.2, 0) is 11.2 Å². The fraction of sp³-hybridized carbons (Fsp3) is 0.394. The molecule has 2 aliphatic rings. The normalized spacial score (nSPS) is 21.3. The zero-order chi connectivity index (χ0) is 30.0. The lowest BCUT2D eigenvalue weighted by molar-refractivity contribution is 0.0155. The van der Waals surface area contributed by atoms with Gasteiger partial charge in [-0.1, -0.05) is 77.8 Å². The van der Waals surface area contributed by atoms with E-state index in [0.29, 0.717) is 47.2 Å².